The summed E-state index contributed by atoms with van der Waals surface area (Å²) in [6.07, 6.45) is 0. The Hall–Kier alpha value is -1.66. The number of likely N-dealkylation sites (N-methyl/N-ethyl adjacent to an activating group) is 1. The van der Waals surface area contributed by atoms with Crippen LogP contribution in [0.2, 0.25) is 5.02 Å². The number of carbonyl (C=O) groups is 2. The van der Waals surface area contributed by atoms with Crippen molar-refractivity contribution in [3.05, 3.63) is 29.0 Å². The fourth-order valence-electron chi connectivity index (χ4n) is 1.86. The van der Waals surface area contributed by atoms with Gasteiger partial charge in [0.2, 0.25) is 0 Å². The van der Waals surface area contributed by atoms with E-state index >= 15 is 0 Å². The number of amides is 2. The molecule has 0 aromatic heterocycles. The lowest BCUT2D eigenvalue weighted by Crippen LogP contribution is -3.11. The Morgan fingerprint density at radius 2 is 1.82 bits per heavy atom. The van der Waals surface area contributed by atoms with Gasteiger partial charge in [-0.1, -0.05) is 11.6 Å². The first kappa shape index (κ1) is 18.4. The summed E-state index contributed by atoms with van der Waals surface area (Å²) in [5.74, 6) is -1.11. The summed E-state index contributed by atoms with van der Waals surface area (Å²) in [5.41, 5.74) is -0.243. The maximum atomic E-state index is 13.6. The van der Waals surface area contributed by atoms with Crippen LogP contribution in [-0.2, 0) is 9.59 Å². The summed E-state index contributed by atoms with van der Waals surface area (Å²) in [7, 11) is 1.72. The molecule has 7 heteroatoms. The highest BCUT2D eigenvalue weighted by atomic mass is 35.5. The van der Waals surface area contributed by atoms with E-state index in [1.807, 2.05) is 20.8 Å². The third kappa shape index (κ3) is 6.87. The molecule has 122 valence electrons. The lowest BCUT2D eigenvalue weighted by Gasteiger charge is -2.21. The maximum absolute atomic E-state index is 13.6. The van der Waals surface area contributed by atoms with Crippen LogP contribution in [0.4, 0.5) is 10.1 Å². The zero-order valence-electron chi connectivity index (χ0n) is 13.2. The van der Waals surface area contributed by atoms with E-state index in [1.165, 1.54) is 12.1 Å². The largest absolute Gasteiger partial charge is 0.347 e. The Morgan fingerprint density at radius 3 is 2.36 bits per heavy atom. The Bertz CT molecular complexity index is 558. The van der Waals surface area contributed by atoms with Gasteiger partial charge in [-0.3, -0.25) is 9.59 Å². The highest BCUT2D eigenvalue weighted by Gasteiger charge is 2.19. The zero-order chi connectivity index (χ0) is 16.9. The molecule has 0 saturated heterocycles. The van der Waals surface area contributed by atoms with Gasteiger partial charge in [-0.15, -0.1) is 0 Å². The number of nitrogens with one attached hydrogen (secondary N) is 3. The van der Waals surface area contributed by atoms with E-state index in [1.54, 1.807) is 7.05 Å². The van der Waals surface area contributed by atoms with Crippen molar-refractivity contribution in [3.63, 3.8) is 0 Å². The van der Waals surface area contributed by atoms with Gasteiger partial charge >= 0.3 is 0 Å². The van der Waals surface area contributed by atoms with Crippen LogP contribution in [-0.4, -0.2) is 37.5 Å². The average molecular weight is 331 g/mol. The van der Waals surface area contributed by atoms with Crippen molar-refractivity contribution in [2.45, 2.75) is 26.3 Å². The molecule has 0 spiro atoms. The van der Waals surface area contributed by atoms with Gasteiger partial charge in [0.05, 0.1) is 12.7 Å². The Kier molecular flexibility index (Phi) is 6.32. The number of hydrogen-bond acceptors (Lipinski definition) is 2. The minimum atomic E-state index is -0.594. The smallest absolute Gasteiger partial charge is 0.279 e. The van der Waals surface area contributed by atoms with E-state index in [-0.39, 0.29) is 41.2 Å². The first-order chi connectivity index (χ1) is 10.1. The van der Waals surface area contributed by atoms with Crippen molar-refractivity contribution < 1.29 is 18.9 Å². The van der Waals surface area contributed by atoms with Crippen LogP contribution in [0.1, 0.15) is 20.8 Å². The van der Waals surface area contributed by atoms with Crippen molar-refractivity contribution >= 4 is 29.1 Å². The number of rotatable bonds is 5. The minimum Gasteiger partial charge on any atom is -0.347 e. The van der Waals surface area contributed by atoms with E-state index in [0.29, 0.717) is 4.90 Å². The Labute approximate surface area is 134 Å². The van der Waals surface area contributed by atoms with E-state index < -0.39 is 5.82 Å². The molecule has 0 fully saturated rings. The normalized spacial score (nSPS) is 12.6. The molecule has 0 saturated carbocycles. The molecule has 2 amide bonds. The summed E-state index contributed by atoms with van der Waals surface area (Å²) in [6, 6.07) is 4.02. The van der Waals surface area contributed by atoms with Crippen LogP contribution in [0.3, 0.4) is 0 Å². The molecule has 22 heavy (non-hydrogen) atoms. The Morgan fingerprint density at radius 1 is 1.23 bits per heavy atom. The minimum absolute atomic E-state index is 0.0552. The van der Waals surface area contributed by atoms with Gasteiger partial charge in [-0.25, -0.2) is 4.39 Å². The second-order valence-electron chi connectivity index (χ2n) is 6.28. The first-order valence-electron chi connectivity index (χ1n) is 6.94. The maximum Gasteiger partial charge on any atom is 0.279 e. The summed E-state index contributed by atoms with van der Waals surface area (Å²) in [6.45, 7) is 5.87. The van der Waals surface area contributed by atoms with Gasteiger partial charge in [-0.2, -0.15) is 0 Å². The predicted molar refractivity (Wildman–Crippen MR) is 84.6 cm³/mol. The standard InChI is InChI=1S/C15H21ClFN3O2/c1-15(2,3)19-14(22)9-20(4)8-13(21)18-12-6-5-10(16)7-11(12)17/h5-7H,8-9H2,1-4H3,(H,18,21)(H,19,22)/p+1. The number of carbonyl (C=O) groups excluding carboxylic acids is 2. The van der Waals surface area contributed by atoms with Gasteiger partial charge in [0, 0.05) is 10.6 Å². The third-order valence-electron chi connectivity index (χ3n) is 2.64. The topological polar surface area (TPSA) is 62.6 Å². The fourth-order valence-corrected chi connectivity index (χ4v) is 2.02. The molecular formula is C15H22ClFN3O2+. The van der Waals surface area contributed by atoms with Crippen LogP contribution in [0, 0.1) is 5.82 Å². The second kappa shape index (κ2) is 7.56. The van der Waals surface area contributed by atoms with Crippen molar-refractivity contribution in [2.75, 3.05) is 25.5 Å². The lowest BCUT2D eigenvalue weighted by atomic mass is 10.1. The monoisotopic (exact) mass is 330 g/mol. The molecule has 1 rings (SSSR count). The Balaban J connectivity index is 2.49. The van der Waals surface area contributed by atoms with E-state index in [9.17, 15) is 14.0 Å². The van der Waals surface area contributed by atoms with E-state index in [0.717, 1.165) is 6.07 Å². The molecule has 0 heterocycles. The quantitative estimate of drug-likeness (QED) is 0.749. The molecule has 1 atom stereocenters. The van der Waals surface area contributed by atoms with Crippen LogP contribution < -0.4 is 15.5 Å². The SMILES string of the molecule is C[NH+](CC(=O)Nc1ccc(Cl)cc1F)CC(=O)NC(C)(C)C. The number of anilines is 1. The first-order valence-corrected chi connectivity index (χ1v) is 7.32. The van der Waals surface area contributed by atoms with Crippen LogP contribution in [0.25, 0.3) is 0 Å². The van der Waals surface area contributed by atoms with Crippen molar-refractivity contribution in [1.82, 2.24) is 5.32 Å². The molecule has 1 aromatic rings. The summed E-state index contributed by atoms with van der Waals surface area (Å²) >= 11 is 5.65. The molecule has 0 aliphatic carbocycles. The molecule has 1 aromatic carbocycles. The van der Waals surface area contributed by atoms with Gasteiger partial charge in [-0.05, 0) is 39.0 Å². The van der Waals surface area contributed by atoms with Crippen molar-refractivity contribution in [2.24, 2.45) is 0 Å². The predicted octanol–water partition coefficient (Wildman–Crippen LogP) is 0.847. The number of quaternary nitrogens is 1. The van der Waals surface area contributed by atoms with E-state index in [4.69, 9.17) is 11.6 Å². The van der Waals surface area contributed by atoms with Gasteiger partial charge in [0.1, 0.15) is 5.82 Å². The summed E-state index contributed by atoms with van der Waals surface area (Å²) in [5, 5.41) is 5.55. The van der Waals surface area contributed by atoms with Gasteiger partial charge < -0.3 is 15.5 Å². The molecule has 1 unspecified atom stereocenters. The number of hydrogen-bond donors (Lipinski definition) is 3. The van der Waals surface area contributed by atoms with Crippen LogP contribution >= 0.6 is 11.6 Å². The highest BCUT2D eigenvalue weighted by molar-refractivity contribution is 6.30. The molecular weight excluding hydrogens is 309 g/mol. The zero-order valence-corrected chi connectivity index (χ0v) is 14.0. The molecule has 3 N–H and O–H groups in total. The number of halogens is 2. The van der Waals surface area contributed by atoms with Crippen LogP contribution in [0.15, 0.2) is 18.2 Å². The van der Waals surface area contributed by atoms with Crippen molar-refractivity contribution in [3.8, 4) is 0 Å². The summed E-state index contributed by atoms with van der Waals surface area (Å²) in [4.78, 5) is 24.3. The second-order valence-corrected chi connectivity index (χ2v) is 6.72. The van der Waals surface area contributed by atoms with Crippen molar-refractivity contribution in [1.29, 1.82) is 0 Å². The molecule has 0 aliphatic rings. The highest BCUT2D eigenvalue weighted by Crippen LogP contribution is 2.18. The van der Waals surface area contributed by atoms with E-state index in [2.05, 4.69) is 10.6 Å². The third-order valence-corrected chi connectivity index (χ3v) is 2.88. The molecule has 0 bridgehead atoms. The average Bonchev–Trinajstić information content (AvgIpc) is 2.29. The summed E-state index contributed by atoms with van der Waals surface area (Å²) < 4.78 is 13.6. The molecule has 0 aliphatic heterocycles. The number of benzene rings is 1. The lowest BCUT2D eigenvalue weighted by molar-refractivity contribution is -0.862. The molecule has 5 nitrogen and oxygen atoms in total. The fraction of sp³-hybridized carbons (Fsp3) is 0.467. The molecule has 0 radical (unpaired) electrons. The van der Waals surface area contributed by atoms with Gasteiger partial charge in [0.15, 0.2) is 13.1 Å². The van der Waals surface area contributed by atoms with Gasteiger partial charge in [0.25, 0.3) is 11.8 Å². The van der Waals surface area contributed by atoms with Crippen LogP contribution in [0.5, 0.6) is 0 Å².